The SMILES string of the molecule is CCCCC(I)(CC)C(=O)O.[SnH2]. The molecule has 0 bridgehead atoms. The van der Waals surface area contributed by atoms with E-state index in [0.717, 1.165) is 19.3 Å². The zero-order valence-electron chi connectivity index (χ0n) is 7.77. The van der Waals surface area contributed by atoms with Gasteiger partial charge in [0.15, 0.2) is 0 Å². The average Bonchev–Trinajstić information content (AvgIpc) is 2.00. The average molecular weight is 391 g/mol. The van der Waals surface area contributed by atoms with Gasteiger partial charge in [-0.1, -0.05) is 49.3 Å². The Labute approximate surface area is 105 Å². The first-order valence-corrected chi connectivity index (χ1v) is 5.07. The second-order valence-corrected chi connectivity index (χ2v) is 4.79. The Morgan fingerprint density at radius 1 is 1.50 bits per heavy atom. The molecule has 0 rings (SSSR count). The molecule has 0 saturated heterocycles. The molecule has 4 heteroatoms. The van der Waals surface area contributed by atoms with Crippen LogP contribution in [0.2, 0.25) is 0 Å². The zero-order chi connectivity index (χ0) is 8.91. The molecule has 0 saturated carbocycles. The third kappa shape index (κ3) is 4.89. The molecule has 0 spiro atoms. The van der Waals surface area contributed by atoms with Crippen LogP contribution in [0.5, 0.6) is 0 Å². The summed E-state index contributed by atoms with van der Waals surface area (Å²) in [7, 11) is 0. The Kier molecular flexibility index (Phi) is 9.55. The molecule has 0 fully saturated rings. The number of carboxylic acid groups (broad SMARTS) is 1. The van der Waals surface area contributed by atoms with Crippen molar-refractivity contribution in [2.45, 2.75) is 43.0 Å². The predicted molar refractivity (Wildman–Crippen MR) is 62.7 cm³/mol. The van der Waals surface area contributed by atoms with E-state index in [1.54, 1.807) is 0 Å². The molecule has 1 N–H and O–H groups in total. The normalized spacial score (nSPS) is 14.6. The van der Waals surface area contributed by atoms with Gasteiger partial charge in [0.25, 0.3) is 0 Å². The standard InChI is InChI=1S/C8H15IO2.Sn.2H/c1-3-5-6-8(9,4-2)7(10)11;;;/h3-6H2,1-2H3,(H,10,11);;;. The van der Waals surface area contributed by atoms with Crippen molar-refractivity contribution in [3.63, 3.8) is 0 Å². The third-order valence-corrected chi connectivity index (χ3v) is 3.63. The van der Waals surface area contributed by atoms with Gasteiger partial charge < -0.3 is 5.11 Å². The van der Waals surface area contributed by atoms with Crippen LogP contribution in [0.1, 0.15) is 39.5 Å². The molecule has 0 aromatic carbocycles. The fourth-order valence-corrected chi connectivity index (χ4v) is 1.27. The molecule has 0 amide bonds. The molecule has 0 aliphatic heterocycles. The van der Waals surface area contributed by atoms with E-state index in [-0.39, 0.29) is 23.9 Å². The van der Waals surface area contributed by atoms with E-state index in [4.69, 9.17) is 5.11 Å². The molecule has 2 nitrogen and oxygen atoms in total. The Hall–Kier alpha value is 0.999. The minimum absolute atomic E-state index is 0. The van der Waals surface area contributed by atoms with Crippen molar-refractivity contribution >= 4 is 52.5 Å². The second-order valence-electron chi connectivity index (χ2n) is 2.73. The van der Waals surface area contributed by atoms with Crippen LogP contribution in [0.3, 0.4) is 0 Å². The summed E-state index contributed by atoms with van der Waals surface area (Å²) in [5, 5.41) is 8.85. The maximum absolute atomic E-state index is 10.8. The van der Waals surface area contributed by atoms with E-state index in [1.165, 1.54) is 0 Å². The molecule has 2 radical (unpaired) electrons. The van der Waals surface area contributed by atoms with Crippen molar-refractivity contribution in [3.05, 3.63) is 0 Å². The van der Waals surface area contributed by atoms with E-state index in [2.05, 4.69) is 29.5 Å². The van der Waals surface area contributed by atoms with Crippen molar-refractivity contribution in [1.82, 2.24) is 0 Å². The number of carboxylic acids is 1. The van der Waals surface area contributed by atoms with Crippen LogP contribution in [0.25, 0.3) is 0 Å². The molecule has 0 aliphatic rings. The van der Waals surface area contributed by atoms with Crippen LogP contribution < -0.4 is 0 Å². The fourth-order valence-electron chi connectivity index (χ4n) is 0.892. The Bertz CT molecular complexity index is 141. The molecule has 0 aliphatic carbocycles. The summed E-state index contributed by atoms with van der Waals surface area (Å²) in [5.74, 6) is -0.672. The number of hydrogen-bond donors (Lipinski definition) is 1. The van der Waals surface area contributed by atoms with Crippen LogP contribution in [0, 0.1) is 0 Å². The predicted octanol–water partition coefficient (Wildman–Crippen LogP) is 1.93. The summed E-state index contributed by atoms with van der Waals surface area (Å²) in [4.78, 5) is 10.8. The van der Waals surface area contributed by atoms with E-state index < -0.39 is 9.39 Å². The molecular weight excluding hydrogens is 374 g/mol. The van der Waals surface area contributed by atoms with E-state index in [9.17, 15) is 4.79 Å². The number of halogens is 1. The number of hydrogen-bond acceptors (Lipinski definition) is 1. The summed E-state index contributed by atoms with van der Waals surface area (Å²) in [6.07, 6.45) is 3.57. The second kappa shape index (κ2) is 7.41. The minimum atomic E-state index is -0.672. The number of aliphatic carboxylic acids is 1. The van der Waals surface area contributed by atoms with Gasteiger partial charge in [0.1, 0.15) is 3.42 Å². The summed E-state index contributed by atoms with van der Waals surface area (Å²) in [6, 6.07) is 0. The molecule has 12 heavy (non-hydrogen) atoms. The Balaban J connectivity index is 0. The first-order chi connectivity index (χ1) is 5.06. The van der Waals surface area contributed by atoms with E-state index >= 15 is 0 Å². The van der Waals surface area contributed by atoms with Gasteiger partial charge in [-0.05, 0) is 12.8 Å². The molecule has 0 aromatic rings. The molecule has 0 heterocycles. The van der Waals surface area contributed by atoms with Crippen LogP contribution in [0.15, 0.2) is 0 Å². The van der Waals surface area contributed by atoms with Gasteiger partial charge in [-0.25, -0.2) is 0 Å². The van der Waals surface area contributed by atoms with Crippen molar-refractivity contribution in [2.24, 2.45) is 0 Å². The number of rotatable bonds is 5. The van der Waals surface area contributed by atoms with Crippen molar-refractivity contribution < 1.29 is 9.90 Å². The zero-order valence-corrected chi connectivity index (χ0v) is 14.0. The van der Waals surface area contributed by atoms with Gasteiger partial charge in [-0.15, -0.1) is 0 Å². The van der Waals surface area contributed by atoms with Gasteiger partial charge >= 0.3 is 29.9 Å². The van der Waals surface area contributed by atoms with Crippen LogP contribution in [0.4, 0.5) is 0 Å². The molecule has 0 aromatic heterocycles. The first kappa shape index (κ1) is 15.5. The summed E-state index contributed by atoms with van der Waals surface area (Å²) >= 11 is 2.05. The fraction of sp³-hybridized carbons (Fsp3) is 0.875. The first-order valence-electron chi connectivity index (χ1n) is 3.99. The molecule has 72 valence electrons. The van der Waals surface area contributed by atoms with Crippen LogP contribution in [-0.2, 0) is 4.79 Å². The van der Waals surface area contributed by atoms with Gasteiger partial charge in [0, 0.05) is 0 Å². The van der Waals surface area contributed by atoms with E-state index in [0.29, 0.717) is 6.42 Å². The van der Waals surface area contributed by atoms with Gasteiger partial charge in [-0.3, -0.25) is 4.79 Å². The van der Waals surface area contributed by atoms with E-state index in [1.807, 2.05) is 6.92 Å². The van der Waals surface area contributed by atoms with Gasteiger partial charge in [0.05, 0.1) is 0 Å². The summed E-state index contributed by atoms with van der Waals surface area (Å²) in [5.41, 5.74) is 0. The number of carbonyl (C=O) groups is 1. The monoisotopic (exact) mass is 392 g/mol. The Morgan fingerprint density at radius 3 is 2.25 bits per heavy atom. The molecule has 1 unspecified atom stereocenters. The summed E-state index contributed by atoms with van der Waals surface area (Å²) in [6.45, 7) is 4.00. The van der Waals surface area contributed by atoms with Crippen molar-refractivity contribution in [3.8, 4) is 0 Å². The van der Waals surface area contributed by atoms with Gasteiger partial charge in [0.2, 0.25) is 0 Å². The topological polar surface area (TPSA) is 37.3 Å². The van der Waals surface area contributed by atoms with Crippen LogP contribution >= 0.6 is 22.6 Å². The van der Waals surface area contributed by atoms with Crippen molar-refractivity contribution in [1.29, 1.82) is 0 Å². The molecule has 1 atom stereocenters. The Morgan fingerprint density at radius 2 is 2.00 bits per heavy atom. The molecular formula is C8H17IO2Sn. The number of unbranched alkanes of at least 4 members (excludes halogenated alkanes) is 1. The van der Waals surface area contributed by atoms with Gasteiger partial charge in [-0.2, -0.15) is 0 Å². The third-order valence-electron chi connectivity index (χ3n) is 1.87. The summed E-state index contributed by atoms with van der Waals surface area (Å²) < 4.78 is -0.520. The van der Waals surface area contributed by atoms with Crippen LogP contribution in [-0.4, -0.2) is 38.4 Å². The van der Waals surface area contributed by atoms with Crippen molar-refractivity contribution in [2.75, 3.05) is 0 Å². The maximum atomic E-state index is 10.8. The number of alkyl halides is 1. The quantitative estimate of drug-likeness (QED) is 0.442.